The molecule has 0 radical (unpaired) electrons. The molecule has 0 aromatic carbocycles. The molecule has 1 fully saturated rings. The average molecular weight is 346 g/mol. The Hall–Kier alpha value is -2.43. The fraction of sp³-hybridized carbons (Fsp3) is 0.500. The highest BCUT2D eigenvalue weighted by Crippen LogP contribution is 2.22. The van der Waals surface area contributed by atoms with E-state index in [4.69, 9.17) is 0 Å². The van der Waals surface area contributed by atoms with Gasteiger partial charge in [0.05, 0.1) is 23.1 Å². The number of carbonyl (C=O) groups is 2. The number of nitrogens with zero attached hydrogens (tertiary/aromatic N) is 1. The Morgan fingerprint density at radius 2 is 2.17 bits per heavy atom. The third-order valence-electron chi connectivity index (χ3n) is 3.25. The first-order valence-corrected chi connectivity index (χ1v) is 8.35. The van der Waals surface area contributed by atoms with E-state index in [1.54, 1.807) is 6.92 Å². The predicted octanol–water partition coefficient (Wildman–Crippen LogP) is 0.0380. The first-order chi connectivity index (χ1) is 10.6. The molecule has 11 heteroatoms. The molecular formula is C12H14N2O8S. The second-order valence-corrected chi connectivity index (χ2v) is 7.61. The summed E-state index contributed by atoms with van der Waals surface area (Å²) in [5.41, 5.74) is -0.897. The van der Waals surface area contributed by atoms with Gasteiger partial charge < -0.3 is 14.5 Å². The lowest BCUT2D eigenvalue weighted by Crippen LogP contribution is -2.48. The summed E-state index contributed by atoms with van der Waals surface area (Å²) >= 11 is 0. The minimum atomic E-state index is -3.18. The summed E-state index contributed by atoms with van der Waals surface area (Å²) in [5.74, 6) is -2.91. The molecule has 23 heavy (non-hydrogen) atoms. The predicted molar refractivity (Wildman–Crippen MR) is 75.5 cm³/mol. The molecule has 10 nitrogen and oxygen atoms in total. The zero-order chi connectivity index (χ0) is 17.3. The van der Waals surface area contributed by atoms with Crippen LogP contribution in [0.4, 0.5) is 5.88 Å². The molecule has 0 aliphatic carbocycles. The van der Waals surface area contributed by atoms with Crippen molar-refractivity contribution in [1.82, 2.24) is 5.32 Å². The summed E-state index contributed by atoms with van der Waals surface area (Å²) in [7, 11) is -3.18. The zero-order valence-electron chi connectivity index (χ0n) is 12.1. The summed E-state index contributed by atoms with van der Waals surface area (Å²) in [6, 6.07) is 2.05. The quantitative estimate of drug-likeness (QED) is 0.446. The van der Waals surface area contributed by atoms with Gasteiger partial charge in [-0.2, -0.15) is 0 Å². The van der Waals surface area contributed by atoms with Crippen LogP contribution >= 0.6 is 0 Å². The van der Waals surface area contributed by atoms with Gasteiger partial charge in [0.1, 0.15) is 4.92 Å². The lowest BCUT2D eigenvalue weighted by atomic mass is 10.0. The van der Waals surface area contributed by atoms with Crippen LogP contribution in [0.25, 0.3) is 0 Å². The number of nitrogens with one attached hydrogen (secondary N) is 1. The average Bonchev–Trinajstić information content (AvgIpc) is 3.01. The van der Waals surface area contributed by atoms with Crippen molar-refractivity contribution >= 4 is 27.6 Å². The van der Waals surface area contributed by atoms with Crippen LogP contribution in [-0.4, -0.2) is 48.9 Å². The number of carbonyl (C=O) groups excluding carboxylic acids is 2. The Kier molecular flexibility index (Phi) is 4.41. The Balaban J connectivity index is 1.86. The molecular weight excluding hydrogens is 332 g/mol. The molecule has 1 aliphatic rings. The Morgan fingerprint density at radius 1 is 1.48 bits per heavy atom. The van der Waals surface area contributed by atoms with E-state index in [1.807, 2.05) is 0 Å². The second-order valence-electron chi connectivity index (χ2n) is 5.42. The molecule has 1 N–H and O–H groups in total. The van der Waals surface area contributed by atoms with Crippen LogP contribution in [0.15, 0.2) is 16.5 Å². The van der Waals surface area contributed by atoms with E-state index in [2.05, 4.69) is 14.5 Å². The Labute approximate surface area is 130 Å². The van der Waals surface area contributed by atoms with Gasteiger partial charge in [-0.3, -0.25) is 14.9 Å². The maximum absolute atomic E-state index is 11.7. The lowest BCUT2D eigenvalue weighted by molar-refractivity contribution is -0.402. The maximum atomic E-state index is 11.7. The largest absolute Gasteiger partial charge is 0.450 e. The molecule has 1 saturated heterocycles. The van der Waals surface area contributed by atoms with Gasteiger partial charge in [0.2, 0.25) is 5.76 Å². The molecule has 2 heterocycles. The van der Waals surface area contributed by atoms with E-state index in [9.17, 15) is 28.1 Å². The smallest absolute Gasteiger partial charge is 0.433 e. The molecule has 2 rings (SSSR count). The van der Waals surface area contributed by atoms with Crippen molar-refractivity contribution in [3.63, 3.8) is 0 Å². The third kappa shape index (κ3) is 4.28. The molecule has 0 saturated carbocycles. The topological polar surface area (TPSA) is 146 Å². The summed E-state index contributed by atoms with van der Waals surface area (Å²) in [6.45, 7) is 0.941. The van der Waals surface area contributed by atoms with Gasteiger partial charge in [-0.05, 0) is 19.4 Å². The minimum absolute atomic E-state index is 0.0143. The molecule has 1 atom stereocenters. The van der Waals surface area contributed by atoms with Crippen molar-refractivity contribution in [2.24, 2.45) is 0 Å². The van der Waals surface area contributed by atoms with Crippen LogP contribution in [0.1, 0.15) is 23.9 Å². The highest BCUT2D eigenvalue weighted by Gasteiger charge is 2.39. The van der Waals surface area contributed by atoms with Gasteiger partial charge in [-0.1, -0.05) is 0 Å². The molecule has 1 aliphatic heterocycles. The van der Waals surface area contributed by atoms with Gasteiger partial charge in [0.25, 0.3) is 5.91 Å². The van der Waals surface area contributed by atoms with Gasteiger partial charge in [0, 0.05) is 0 Å². The van der Waals surface area contributed by atoms with E-state index in [0.717, 1.165) is 12.1 Å². The number of hydrogen-bond acceptors (Lipinski definition) is 8. The highest BCUT2D eigenvalue weighted by atomic mass is 32.2. The van der Waals surface area contributed by atoms with E-state index in [1.165, 1.54) is 0 Å². The van der Waals surface area contributed by atoms with Crippen LogP contribution in [0.2, 0.25) is 0 Å². The van der Waals surface area contributed by atoms with Gasteiger partial charge >= 0.3 is 11.9 Å². The van der Waals surface area contributed by atoms with Crippen LogP contribution in [0.5, 0.6) is 0 Å². The van der Waals surface area contributed by atoms with Crippen LogP contribution in [0, 0.1) is 10.1 Å². The van der Waals surface area contributed by atoms with E-state index >= 15 is 0 Å². The highest BCUT2D eigenvalue weighted by molar-refractivity contribution is 7.91. The molecule has 0 spiro atoms. The van der Waals surface area contributed by atoms with Gasteiger partial charge in [-0.25, -0.2) is 13.2 Å². The van der Waals surface area contributed by atoms with Crippen molar-refractivity contribution in [3.05, 3.63) is 28.0 Å². The third-order valence-corrected chi connectivity index (χ3v) is 5.15. The molecule has 0 bridgehead atoms. The first-order valence-electron chi connectivity index (χ1n) is 6.53. The van der Waals surface area contributed by atoms with Gasteiger partial charge in [0.15, 0.2) is 16.4 Å². The normalized spacial score (nSPS) is 22.5. The summed E-state index contributed by atoms with van der Waals surface area (Å²) in [6.07, 6.45) is 0.277. The standard InChI is InChI=1S/C12H14N2O8S/c1-12(4-5-23(19,20)7-12)13-9(15)6-21-11(16)8-2-3-10(22-8)14(17)18/h2-3H,4-7H2,1H3,(H,13,15)/t12-/m0/s1. The SMILES string of the molecule is C[C@]1(NC(=O)COC(=O)c2ccc([N+](=O)[O-])o2)CCS(=O)(=O)C1. The van der Waals surface area contributed by atoms with Crippen LogP contribution in [-0.2, 0) is 19.4 Å². The van der Waals surface area contributed by atoms with Crippen molar-refractivity contribution in [2.75, 3.05) is 18.1 Å². The van der Waals surface area contributed by atoms with E-state index in [0.29, 0.717) is 0 Å². The minimum Gasteiger partial charge on any atom is -0.450 e. The number of ether oxygens (including phenoxy) is 1. The lowest BCUT2D eigenvalue weighted by Gasteiger charge is -2.23. The summed E-state index contributed by atoms with van der Waals surface area (Å²) < 4.78 is 32.2. The van der Waals surface area contributed by atoms with Gasteiger partial charge in [-0.15, -0.1) is 0 Å². The first kappa shape index (κ1) is 16.9. The molecule has 1 aromatic heterocycles. The summed E-state index contributed by atoms with van der Waals surface area (Å²) in [4.78, 5) is 32.9. The molecule has 1 aromatic rings. The molecule has 0 unspecified atom stereocenters. The maximum Gasteiger partial charge on any atom is 0.433 e. The van der Waals surface area contributed by atoms with Crippen molar-refractivity contribution in [2.45, 2.75) is 18.9 Å². The monoisotopic (exact) mass is 346 g/mol. The van der Waals surface area contributed by atoms with Crippen molar-refractivity contribution < 1.29 is 32.1 Å². The van der Waals surface area contributed by atoms with E-state index in [-0.39, 0.29) is 17.9 Å². The molecule has 1 amide bonds. The number of furan rings is 1. The van der Waals surface area contributed by atoms with Crippen LogP contribution < -0.4 is 5.32 Å². The Bertz CT molecular complexity index is 753. The number of amides is 1. The number of nitro groups is 1. The number of hydrogen-bond donors (Lipinski definition) is 1. The van der Waals surface area contributed by atoms with Crippen LogP contribution in [0.3, 0.4) is 0 Å². The van der Waals surface area contributed by atoms with Crippen molar-refractivity contribution in [1.29, 1.82) is 0 Å². The summed E-state index contributed by atoms with van der Waals surface area (Å²) in [5, 5.41) is 12.9. The number of sulfone groups is 1. The molecule has 126 valence electrons. The Morgan fingerprint density at radius 3 is 2.70 bits per heavy atom. The van der Waals surface area contributed by atoms with E-state index < -0.39 is 50.4 Å². The fourth-order valence-corrected chi connectivity index (χ4v) is 4.31. The zero-order valence-corrected chi connectivity index (χ0v) is 12.9. The number of esters is 1. The number of rotatable bonds is 5. The van der Waals surface area contributed by atoms with Crippen molar-refractivity contribution in [3.8, 4) is 0 Å². The second kappa shape index (κ2) is 5.99. The fourth-order valence-electron chi connectivity index (χ4n) is 2.22.